The van der Waals surface area contributed by atoms with E-state index in [1.807, 2.05) is 12.1 Å². The SMILES string of the molecule is OC(COc1ccc(-c2ccc(N3CCCCC3)cc2)cc1)CN1CCCC1. The van der Waals surface area contributed by atoms with Crippen LogP contribution in [-0.4, -0.2) is 55.4 Å². The highest BCUT2D eigenvalue weighted by Crippen LogP contribution is 2.26. The molecule has 1 N–H and O–H groups in total. The highest BCUT2D eigenvalue weighted by molar-refractivity contribution is 5.67. The fraction of sp³-hybridized carbons (Fsp3) is 0.500. The molecular formula is C24H32N2O2. The zero-order valence-corrected chi connectivity index (χ0v) is 16.7. The van der Waals surface area contributed by atoms with Gasteiger partial charge in [0.1, 0.15) is 18.5 Å². The number of likely N-dealkylation sites (tertiary alicyclic amines) is 1. The maximum absolute atomic E-state index is 10.2. The summed E-state index contributed by atoms with van der Waals surface area (Å²) < 4.78 is 5.78. The molecule has 0 aliphatic carbocycles. The number of benzene rings is 2. The third-order valence-electron chi connectivity index (χ3n) is 5.89. The van der Waals surface area contributed by atoms with Crippen molar-refractivity contribution in [3.8, 4) is 16.9 Å². The van der Waals surface area contributed by atoms with Gasteiger partial charge in [-0.15, -0.1) is 0 Å². The van der Waals surface area contributed by atoms with E-state index in [0.717, 1.165) is 18.8 Å². The van der Waals surface area contributed by atoms with E-state index in [0.29, 0.717) is 13.2 Å². The number of ether oxygens (including phenoxy) is 1. The first-order valence-electron chi connectivity index (χ1n) is 10.8. The molecule has 0 radical (unpaired) electrons. The fourth-order valence-corrected chi connectivity index (χ4v) is 4.27. The Morgan fingerprint density at radius 3 is 1.96 bits per heavy atom. The van der Waals surface area contributed by atoms with Crippen molar-refractivity contribution >= 4 is 5.69 Å². The lowest BCUT2D eigenvalue weighted by atomic mass is 10.0. The monoisotopic (exact) mass is 380 g/mol. The summed E-state index contributed by atoms with van der Waals surface area (Å²) in [4.78, 5) is 4.79. The molecule has 2 heterocycles. The zero-order valence-electron chi connectivity index (χ0n) is 16.7. The standard InChI is InChI=1S/C24H32N2O2/c27-23(18-25-14-4-5-15-25)19-28-24-12-8-21(9-13-24)20-6-10-22(11-7-20)26-16-2-1-3-17-26/h6-13,23,27H,1-5,14-19H2. The normalized spacial score (nSPS) is 19.0. The van der Waals surface area contributed by atoms with Gasteiger partial charge in [-0.25, -0.2) is 0 Å². The highest BCUT2D eigenvalue weighted by atomic mass is 16.5. The Morgan fingerprint density at radius 2 is 1.32 bits per heavy atom. The molecule has 2 saturated heterocycles. The number of β-amino-alcohol motifs (C(OH)–C–C–N with tert-alkyl or cyclic N) is 1. The van der Waals surface area contributed by atoms with Crippen LogP contribution in [0.15, 0.2) is 48.5 Å². The van der Waals surface area contributed by atoms with Gasteiger partial charge in [0.25, 0.3) is 0 Å². The van der Waals surface area contributed by atoms with Gasteiger partial charge < -0.3 is 19.6 Å². The van der Waals surface area contributed by atoms with Crippen molar-refractivity contribution in [1.29, 1.82) is 0 Å². The first-order valence-corrected chi connectivity index (χ1v) is 10.8. The summed E-state index contributed by atoms with van der Waals surface area (Å²) in [6.45, 7) is 5.61. The van der Waals surface area contributed by atoms with Crippen LogP contribution in [0.2, 0.25) is 0 Å². The minimum atomic E-state index is -0.430. The van der Waals surface area contributed by atoms with Crippen molar-refractivity contribution in [2.45, 2.75) is 38.2 Å². The molecule has 0 amide bonds. The van der Waals surface area contributed by atoms with E-state index in [4.69, 9.17) is 4.74 Å². The molecule has 0 spiro atoms. The van der Waals surface area contributed by atoms with E-state index < -0.39 is 6.10 Å². The molecule has 1 atom stereocenters. The van der Waals surface area contributed by atoms with Gasteiger partial charge >= 0.3 is 0 Å². The summed E-state index contributed by atoms with van der Waals surface area (Å²) in [5.41, 5.74) is 3.74. The van der Waals surface area contributed by atoms with E-state index in [2.05, 4.69) is 46.2 Å². The minimum Gasteiger partial charge on any atom is -0.491 e. The van der Waals surface area contributed by atoms with Crippen LogP contribution in [0.3, 0.4) is 0 Å². The summed E-state index contributed by atoms with van der Waals surface area (Å²) in [5, 5.41) is 10.2. The van der Waals surface area contributed by atoms with Gasteiger partial charge in [0.05, 0.1) is 0 Å². The van der Waals surface area contributed by atoms with Crippen molar-refractivity contribution in [2.24, 2.45) is 0 Å². The molecule has 0 saturated carbocycles. The van der Waals surface area contributed by atoms with E-state index >= 15 is 0 Å². The van der Waals surface area contributed by atoms with Gasteiger partial charge in [-0.05, 0) is 80.6 Å². The number of aliphatic hydroxyl groups is 1. The maximum atomic E-state index is 10.2. The van der Waals surface area contributed by atoms with Crippen LogP contribution in [0.1, 0.15) is 32.1 Å². The first-order chi connectivity index (χ1) is 13.8. The summed E-state index contributed by atoms with van der Waals surface area (Å²) in [5.74, 6) is 0.814. The molecule has 150 valence electrons. The van der Waals surface area contributed by atoms with Gasteiger partial charge in [0.15, 0.2) is 0 Å². The second kappa shape index (κ2) is 9.44. The van der Waals surface area contributed by atoms with Crippen LogP contribution in [0.5, 0.6) is 5.75 Å². The van der Waals surface area contributed by atoms with Crippen molar-refractivity contribution in [2.75, 3.05) is 44.2 Å². The van der Waals surface area contributed by atoms with Crippen LogP contribution in [0, 0.1) is 0 Å². The first kappa shape index (κ1) is 19.3. The molecule has 2 aliphatic rings. The van der Waals surface area contributed by atoms with E-state index in [-0.39, 0.29) is 0 Å². The van der Waals surface area contributed by atoms with E-state index in [1.54, 1.807) is 0 Å². The molecule has 4 heteroatoms. The summed E-state index contributed by atoms with van der Waals surface area (Å²) in [6.07, 6.45) is 6.02. The third-order valence-corrected chi connectivity index (χ3v) is 5.89. The van der Waals surface area contributed by atoms with Gasteiger partial charge in [0, 0.05) is 25.3 Å². The summed E-state index contributed by atoms with van der Waals surface area (Å²) in [7, 11) is 0. The van der Waals surface area contributed by atoms with Crippen LogP contribution in [0.25, 0.3) is 11.1 Å². The fourth-order valence-electron chi connectivity index (χ4n) is 4.27. The minimum absolute atomic E-state index is 0.348. The van der Waals surface area contributed by atoms with Crippen molar-refractivity contribution in [1.82, 2.24) is 4.90 Å². The number of aliphatic hydroxyl groups excluding tert-OH is 1. The predicted molar refractivity (Wildman–Crippen MR) is 115 cm³/mol. The number of hydrogen-bond acceptors (Lipinski definition) is 4. The largest absolute Gasteiger partial charge is 0.491 e. The molecule has 0 bridgehead atoms. The molecule has 4 nitrogen and oxygen atoms in total. The molecule has 28 heavy (non-hydrogen) atoms. The van der Waals surface area contributed by atoms with Crippen LogP contribution in [0.4, 0.5) is 5.69 Å². The lowest BCUT2D eigenvalue weighted by Crippen LogP contribution is -2.33. The second-order valence-electron chi connectivity index (χ2n) is 8.09. The Morgan fingerprint density at radius 1 is 0.750 bits per heavy atom. The molecule has 2 aliphatic heterocycles. The highest BCUT2D eigenvalue weighted by Gasteiger charge is 2.16. The summed E-state index contributed by atoms with van der Waals surface area (Å²) >= 11 is 0. The molecule has 4 rings (SSSR count). The zero-order chi connectivity index (χ0) is 19.2. The van der Waals surface area contributed by atoms with Gasteiger partial charge in [-0.1, -0.05) is 24.3 Å². The average molecular weight is 381 g/mol. The van der Waals surface area contributed by atoms with Gasteiger partial charge in [0.2, 0.25) is 0 Å². The Labute approximate surface area is 168 Å². The van der Waals surface area contributed by atoms with Crippen molar-refractivity contribution < 1.29 is 9.84 Å². The lowest BCUT2D eigenvalue weighted by molar-refractivity contribution is 0.0758. The Bertz CT molecular complexity index is 717. The lowest BCUT2D eigenvalue weighted by Gasteiger charge is -2.28. The molecule has 2 aromatic carbocycles. The molecular weight excluding hydrogens is 348 g/mol. The average Bonchev–Trinajstić information content (AvgIpc) is 3.26. The predicted octanol–water partition coefficient (Wildman–Crippen LogP) is 4.18. The van der Waals surface area contributed by atoms with E-state index in [1.165, 1.54) is 62.0 Å². The van der Waals surface area contributed by atoms with Gasteiger partial charge in [-0.3, -0.25) is 0 Å². The van der Waals surface area contributed by atoms with Crippen LogP contribution in [-0.2, 0) is 0 Å². The summed E-state index contributed by atoms with van der Waals surface area (Å²) in [6, 6.07) is 17.1. The smallest absolute Gasteiger partial charge is 0.119 e. The quantitative estimate of drug-likeness (QED) is 0.782. The molecule has 1 unspecified atom stereocenters. The number of anilines is 1. The Balaban J connectivity index is 1.30. The maximum Gasteiger partial charge on any atom is 0.119 e. The number of hydrogen-bond donors (Lipinski definition) is 1. The van der Waals surface area contributed by atoms with Crippen molar-refractivity contribution in [3.05, 3.63) is 48.5 Å². The number of piperidine rings is 1. The van der Waals surface area contributed by atoms with Crippen LogP contribution < -0.4 is 9.64 Å². The molecule has 2 fully saturated rings. The Hall–Kier alpha value is -2.04. The topological polar surface area (TPSA) is 35.9 Å². The Kier molecular flexibility index (Phi) is 6.50. The van der Waals surface area contributed by atoms with E-state index in [9.17, 15) is 5.11 Å². The molecule has 0 aromatic heterocycles. The second-order valence-corrected chi connectivity index (χ2v) is 8.09. The molecule has 2 aromatic rings. The van der Waals surface area contributed by atoms with Gasteiger partial charge in [-0.2, -0.15) is 0 Å². The number of nitrogens with zero attached hydrogens (tertiary/aromatic N) is 2. The van der Waals surface area contributed by atoms with Crippen LogP contribution >= 0.6 is 0 Å². The third kappa shape index (κ3) is 5.06. The number of rotatable bonds is 7. The van der Waals surface area contributed by atoms with Crippen molar-refractivity contribution in [3.63, 3.8) is 0 Å².